The highest BCUT2D eigenvalue weighted by Crippen LogP contribution is 2.21. The Kier molecular flexibility index (Phi) is 5.17. The van der Waals surface area contributed by atoms with Crippen molar-refractivity contribution in [2.45, 2.75) is 13.3 Å². The van der Waals surface area contributed by atoms with Crippen molar-refractivity contribution in [3.63, 3.8) is 0 Å². The lowest BCUT2D eigenvalue weighted by Crippen LogP contribution is -2.13. The predicted octanol–water partition coefficient (Wildman–Crippen LogP) is 4.02. The fourth-order valence-corrected chi connectivity index (χ4v) is 2.52. The van der Waals surface area contributed by atoms with Gasteiger partial charge in [-0.25, -0.2) is 9.18 Å². The summed E-state index contributed by atoms with van der Waals surface area (Å²) in [7, 11) is 0. The van der Waals surface area contributed by atoms with Crippen molar-refractivity contribution in [2.75, 3.05) is 11.9 Å². The van der Waals surface area contributed by atoms with Crippen LogP contribution in [0.3, 0.4) is 0 Å². The molecule has 0 aliphatic heterocycles. The van der Waals surface area contributed by atoms with Crippen LogP contribution < -0.4 is 10.1 Å². The van der Waals surface area contributed by atoms with Crippen molar-refractivity contribution in [2.24, 2.45) is 0 Å². The van der Waals surface area contributed by atoms with E-state index in [9.17, 15) is 14.0 Å². The molecule has 2 aromatic carbocycles. The van der Waals surface area contributed by atoms with Crippen LogP contribution in [0.25, 0.3) is 10.9 Å². The Bertz CT molecular complexity index is 934. The zero-order valence-electron chi connectivity index (χ0n) is 14.0. The van der Waals surface area contributed by atoms with E-state index in [-0.39, 0.29) is 18.8 Å². The number of esters is 1. The molecule has 0 bridgehead atoms. The number of aromatic nitrogens is 1. The van der Waals surface area contributed by atoms with E-state index in [2.05, 4.69) is 10.3 Å². The molecule has 1 aromatic heterocycles. The number of nitrogens with one attached hydrogen (secondary N) is 2. The van der Waals surface area contributed by atoms with Gasteiger partial charge in [0.15, 0.2) is 0 Å². The third kappa shape index (κ3) is 4.18. The fraction of sp³-hybridized carbons (Fsp3) is 0.158. The molecule has 6 nitrogen and oxygen atoms in total. The van der Waals surface area contributed by atoms with Crippen LogP contribution in [0.1, 0.15) is 12.5 Å². The van der Waals surface area contributed by atoms with Gasteiger partial charge in [0.25, 0.3) is 0 Å². The predicted molar refractivity (Wildman–Crippen MR) is 94.7 cm³/mol. The van der Waals surface area contributed by atoms with Gasteiger partial charge in [-0.15, -0.1) is 0 Å². The largest absolute Gasteiger partial charge is 0.450 e. The molecular weight excluding hydrogens is 339 g/mol. The number of carbonyl (C=O) groups excluding carboxylic acids is 2. The Morgan fingerprint density at radius 2 is 1.92 bits per heavy atom. The molecule has 134 valence electrons. The van der Waals surface area contributed by atoms with Crippen molar-refractivity contribution in [3.8, 4) is 5.75 Å². The van der Waals surface area contributed by atoms with Gasteiger partial charge >= 0.3 is 12.1 Å². The van der Waals surface area contributed by atoms with Gasteiger partial charge in [-0.05, 0) is 55.0 Å². The van der Waals surface area contributed by atoms with Crippen LogP contribution in [-0.2, 0) is 16.0 Å². The van der Waals surface area contributed by atoms with Gasteiger partial charge in [0, 0.05) is 22.8 Å². The highest BCUT2D eigenvalue weighted by atomic mass is 19.1. The standard InChI is InChI=1S/C19H17FN2O4/c1-2-25-19(24)22-14-4-6-15(7-5-14)26-18(23)9-12-11-21-17-10-13(20)3-8-16(12)17/h3-8,10-11,21H,2,9H2,1H3,(H,22,24). The first-order valence-electron chi connectivity index (χ1n) is 8.05. The van der Waals surface area contributed by atoms with Crippen LogP contribution in [0.2, 0.25) is 0 Å². The van der Waals surface area contributed by atoms with Crippen molar-refractivity contribution in [3.05, 3.63) is 60.0 Å². The summed E-state index contributed by atoms with van der Waals surface area (Å²) in [4.78, 5) is 26.4. The molecule has 0 saturated heterocycles. The second-order valence-corrected chi connectivity index (χ2v) is 5.52. The summed E-state index contributed by atoms with van der Waals surface area (Å²) in [6, 6.07) is 10.7. The van der Waals surface area contributed by atoms with E-state index in [1.54, 1.807) is 43.5 Å². The monoisotopic (exact) mass is 356 g/mol. The van der Waals surface area contributed by atoms with E-state index in [1.165, 1.54) is 12.1 Å². The Morgan fingerprint density at radius 1 is 1.15 bits per heavy atom. The van der Waals surface area contributed by atoms with E-state index in [1.807, 2.05) is 0 Å². The summed E-state index contributed by atoms with van der Waals surface area (Å²) in [5.74, 6) is -0.429. The van der Waals surface area contributed by atoms with Crippen molar-refractivity contribution < 1.29 is 23.5 Å². The van der Waals surface area contributed by atoms with Crippen LogP contribution >= 0.6 is 0 Å². The number of H-pyrrole nitrogens is 1. The number of ether oxygens (including phenoxy) is 2. The van der Waals surface area contributed by atoms with E-state index in [4.69, 9.17) is 9.47 Å². The first-order chi connectivity index (χ1) is 12.5. The Morgan fingerprint density at radius 3 is 2.65 bits per heavy atom. The number of fused-ring (bicyclic) bond motifs is 1. The number of hydrogen-bond acceptors (Lipinski definition) is 4. The minimum absolute atomic E-state index is 0.0501. The first-order valence-corrected chi connectivity index (χ1v) is 8.05. The van der Waals surface area contributed by atoms with E-state index in [0.29, 0.717) is 17.0 Å². The number of anilines is 1. The molecule has 7 heteroatoms. The molecule has 26 heavy (non-hydrogen) atoms. The smallest absolute Gasteiger partial charge is 0.411 e. The lowest BCUT2D eigenvalue weighted by atomic mass is 10.1. The zero-order valence-corrected chi connectivity index (χ0v) is 14.0. The number of hydrogen-bond donors (Lipinski definition) is 2. The molecule has 0 spiro atoms. The van der Waals surface area contributed by atoms with Gasteiger partial charge in [-0.3, -0.25) is 10.1 Å². The topological polar surface area (TPSA) is 80.4 Å². The molecule has 2 N–H and O–H groups in total. The van der Waals surface area contributed by atoms with E-state index in [0.717, 1.165) is 10.9 Å². The number of amides is 1. The number of rotatable bonds is 5. The summed E-state index contributed by atoms with van der Waals surface area (Å²) >= 11 is 0. The highest BCUT2D eigenvalue weighted by Gasteiger charge is 2.11. The summed E-state index contributed by atoms with van der Waals surface area (Å²) in [5.41, 5.74) is 1.88. The van der Waals surface area contributed by atoms with Gasteiger partial charge in [0.05, 0.1) is 13.0 Å². The average molecular weight is 356 g/mol. The molecular formula is C19H17FN2O4. The third-order valence-corrected chi connectivity index (χ3v) is 3.67. The number of benzene rings is 2. The van der Waals surface area contributed by atoms with Gasteiger partial charge in [-0.1, -0.05) is 0 Å². The first kappa shape index (κ1) is 17.5. The van der Waals surface area contributed by atoms with Crippen molar-refractivity contribution in [1.29, 1.82) is 0 Å². The Labute approximate surface area is 148 Å². The molecule has 0 atom stereocenters. The minimum Gasteiger partial charge on any atom is -0.450 e. The van der Waals surface area contributed by atoms with Crippen LogP contribution in [-0.4, -0.2) is 23.7 Å². The molecule has 0 aliphatic rings. The quantitative estimate of drug-likeness (QED) is 0.534. The van der Waals surface area contributed by atoms with E-state index < -0.39 is 12.1 Å². The Hall–Kier alpha value is -3.35. The molecule has 1 heterocycles. The normalized spacial score (nSPS) is 10.5. The molecule has 0 unspecified atom stereocenters. The molecule has 3 rings (SSSR count). The summed E-state index contributed by atoms with van der Waals surface area (Å²) in [6.45, 7) is 1.99. The molecule has 0 aliphatic carbocycles. The zero-order chi connectivity index (χ0) is 18.5. The molecule has 1 amide bonds. The number of carbonyl (C=O) groups is 2. The van der Waals surface area contributed by atoms with Crippen molar-refractivity contribution in [1.82, 2.24) is 4.98 Å². The molecule has 0 radical (unpaired) electrons. The third-order valence-electron chi connectivity index (χ3n) is 3.67. The summed E-state index contributed by atoms with van der Waals surface area (Å²) in [5, 5.41) is 3.32. The Balaban J connectivity index is 1.61. The van der Waals surface area contributed by atoms with Crippen LogP contribution in [0.5, 0.6) is 5.75 Å². The summed E-state index contributed by atoms with van der Waals surface area (Å²) < 4.78 is 23.3. The number of aromatic amines is 1. The molecule has 0 fully saturated rings. The highest BCUT2D eigenvalue weighted by molar-refractivity contribution is 5.88. The second kappa shape index (κ2) is 7.69. The summed E-state index contributed by atoms with van der Waals surface area (Å²) in [6.07, 6.45) is 1.17. The van der Waals surface area contributed by atoms with Crippen LogP contribution in [0.15, 0.2) is 48.7 Å². The maximum absolute atomic E-state index is 13.2. The van der Waals surface area contributed by atoms with Crippen LogP contribution in [0.4, 0.5) is 14.9 Å². The van der Waals surface area contributed by atoms with Crippen LogP contribution in [0, 0.1) is 5.82 Å². The van der Waals surface area contributed by atoms with Gasteiger partial charge in [-0.2, -0.15) is 0 Å². The minimum atomic E-state index is -0.548. The SMILES string of the molecule is CCOC(=O)Nc1ccc(OC(=O)Cc2c[nH]c3cc(F)ccc23)cc1. The maximum atomic E-state index is 13.2. The van der Waals surface area contributed by atoms with Gasteiger partial charge in [0.1, 0.15) is 11.6 Å². The average Bonchev–Trinajstić information content (AvgIpc) is 2.98. The molecule has 0 saturated carbocycles. The maximum Gasteiger partial charge on any atom is 0.411 e. The number of halogens is 1. The lowest BCUT2D eigenvalue weighted by Gasteiger charge is -2.07. The van der Waals surface area contributed by atoms with Gasteiger partial charge < -0.3 is 14.5 Å². The van der Waals surface area contributed by atoms with E-state index >= 15 is 0 Å². The second-order valence-electron chi connectivity index (χ2n) is 5.52. The molecule has 3 aromatic rings. The van der Waals surface area contributed by atoms with Crippen molar-refractivity contribution >= 4 is 28.7 Å². The lowest BCUT2D eigenvalue weighted by molar-refractivity contribution is -0.133. The fourth-order valence-electron chi connectivity index (χ4n) is 2.52. The van der Waals surface area contributed by atoms with Gasteiger partial charge in [0.2, 0.25) is 0 Å².